The number of benzene rings is 1. The van der Waals surface area contributed by atoms with E-state index in [1.165, 1.54) is 12.5 Å². The number of hydrogen-bond donors (Lipinski definition) is 0. The molecule has 2 aromatic rings. The van der Waals surface area contributed by atoms with E-state index in [4.69, 9.17) is 0 Å². The summed E-state index contributed by atoms with van der Waals surface area (Å²) in [5.74, 6) is -1.26. The van der Waals surface area contributed by atoms with Gasteiger partial charge in [0.05, 0.1) is 17.2 Å². The highest BCUT2D eigenvalue weighted by Crippen LogP contribution is 2.27. The van der Waals surface area contributed by atoms with Crippen molar-refractivity contribution in [1.82, 2.24) is 19.8 Å². The van der Waals surface area contributed by atoms with Gasteiger partial charge in [0.25, 0.3) is 17.7 Å². The SMILES string of the molecule is CCN(CC)C(=O)[C@@H]1CCCN(C(=O)c2ccc(N3C(=O)c4cncnc4C3=O)cc2)C1. The van der Waals surface area contributed by atoms with Gasteiger partial charge in [0.1, 0.15) is 12.0 Å². The molecule has 0 aliphatic carbocycles. The molecule has 2 aliphatic heterocycles. The smallest absolute Gasteiger partial charge is 0.284 e. The summed E-state index contributed by atoms with van der Waals surface area (Å²) in [4.78, 5) is 63.2. The molecule has 0 unspecified atom stereocenters. The minimum Gasteiger partial charge on any atom is -0.343 e. The summed E-state index contributed by atoms with van der Waals surface area (Å²) in [6.07, 6.45) is 4.11. The first-order chi connectivity index (χ1) is 15.5. The Bertz CT molecular complexity index is 1030. The molecule has 1 aromatic carbocycles. The van der Waals surface area contributed by atoms with Gasteiger partial charge < -0.3 is 9.80 Å². The Labute approximate surface area is 186 Å². The van der Waals surface area contributed by atoms with E-state index in [0.717, 1.165) is 17.7 Å². The van der Waals surface area contributed by atoms with Gasteiger partial charge >= 0.3 is 0 Å². The number of likely N-dealkylation sites (tertiary alicyclic amines) is 1. The first kappa shape index (κ1) is 21.6. The summed E-state index contributed by atoms with van der Waals surface area (Å²) in [6.45, 7) is 6.22. The first-order valence-corrected chi connectivity index (χ1v) is 10.8. The van der Waals surface area contributed by atoms with Crippen molar-refractivity contribution in [2.24, 2.45) is 5.92 Å². The van der Waals surface area contributed by atoms with Crippen LogP contribution in [0.25, 0.3) is 0 Å². The Kier molecular flexibility index (Phi) is 5.98. The second-order valence-electron chi connectivity index (χ2n) is 7.88. The van der Waals surface area contributed by atoms with Gasteiger partial charge in [-0.15, -0.1) is 0 Å². The number of rotatable bonds is 5. The van der Waals surface area contributed by atoms with E-state index in [1.807, 2.05) is 13.8 Å². The Morgan fingerprint density at radius 2 is 1.81 bits per heavy atom. The topological polar surface area (TPSA) is 104 Å². The van der Waals surface area contributed by atoms with E-state index in [0.29, 0.717) is 37.4 Å². The highest BCUT2D eigenvalue weighted by molar-refractivity contribution is 6.33. The van der Waals surface area contributed by atoms with Crippen molar-refractivity contribution in [3.05, 3.63) is 53.6 Å². The third kappa shape index (κ3) is 3.74. The Balaban J connectivity index is 1.48. The van der Waals surface area contributed by atoms with Crippen molar-refractivity contribution >= 4 is 29.3 Å². The van der Waals surface area contributed by atoms with Gasteiger partial charge in [-0.1, -0.05) is 0 Å². The number of amides is 4. The van der Waals surface area contributed by atoms with Crippen LogP contribution in [-0.4, -0.2) is 69.6 Å². The fourth-order valence-electron chi connectivity index (χ4n) is 4.30. The molecule has 4 amide bonds. The standard InChI is InChI=1S/C23H25N5O4/c1-3-26(4-2)21(30)16-6-5-11-27(13-16)20(29)15-7-9-17(10-8-15)28-22(31)18-12-24-14-25-19(18)23(28)32/h7-10,12,14,16H,3-6,11,13H2,1-2H3/t16-/m1/s1. The summed E-state index contributed by atoms with van der Waals surface area (Å²) in [6, 6.07) is 6.35. The molecule has 0 saturated carbocycles. The van der Waals surface area contributed by atoms with Crippen molar-refractivity contribution in [1.29, 1.82) is 0 Å². The minimum atomic E-state index is -0.514. The van der Waals surface area contributed by atoms with E-state index in [1.54, 1.807) is 34.1 Å². The minimum absolute atomic E-state index is 0.0716. The largest absolute Gasteiger partial charge is 0.343 e. The highest BCUT2D eigenvalue weighted by atomic mass is 16.2. The van der Waals surface area contributed by atoms with E-state index in [-0.39, 0.29) is 29.0 Å². The maximum Gasteiger partial charge on any atom is 0.284 e. The molecule has 32 heavy (non-hydrogen) atoms. The van der Waals surface area contributed by atoms with Crippen molar-refractivity contribution < 1.29 is 19.2 Å². The zero-order valence-corrected chi connectivity index (χ0v) is 18.2. The van der Waals surface area contributed by atoms with Crippen LogP contribution in [0.2, 0.25) is 0 Å². The predicted octanol–water partition coefficient (Wildman–Crippen LogP) is 2.00. The molecule has 9 heteroatoms. The van der Waals surface area contributed by atoms with Gasteiger partial charge in [-0.05, 0) is 51.0 Å². The average molecular weight is 435 g/mol. The summed E-state index contributed by atoms with van der Waals surface area (Å²) in [7, 11) is 0. The van der Waals surface area contributed by atoms with Crippen LogP contribution in [0.15, 0.2) is 36.8 Å². The quantitative estimate of drug-likeness (QED) is 0.666. The lowest BCUT2D eigenvalue weighted by Crippen LogP contribution is -2.46. The number of hydrogen-bond acceptors (Lipinski definition) is 6. The van der Waals surface area contributed by atoms with Crippen molar-refractivity contribution in [2.45, 2.75) is 26.7 Å². The molecule has 1 saturated heterocycles. The lowest BCUT2D eigenvalue weighted by atomic mass is 9.95. The molecule has 1 fully saturated rings. The number of anilines is 1. The van der Waals surface area contributed by atoms with E-state index in [9.17, 15) is 19.2 Å². The predicted molar refractivity (Wildman–Crippen MR) is 116 cm³/mol. The van der Waals surface area contributed by atoms with Gasteiger partial charge in [-0.25, -0.2) is 14.9 Å². The van der Waals surface area contributed by atoms with Gasteiger partial charge in [0, 0.05) is 37.9 Å². The van der Waals surface area contributed by atoms with E-state index in [2.05, 4.69) is 9.97 Å². The second-order valence-corrected chi connectivity index (χ2v) is 7.88. The first-order valence-electron chi connectivity index (χ1n) is 10.8. The van der Waals surface area contributed by atoms with E-state index < -0.39 is 11.8 Å². The van der Waals surface area contributed by atoms with Gasteiger partial charge in [0.15, 0.2) is 0 Å². The third-order valence-corrected chi connectivity index (χ3v) is 6.06. The van der Waals surface area contributed by atoms with Gasteiger partial charge in [-0.2, -0.15) is 0 Å². The van der Waals surface area contributed by atoms with Crippen LogP contribution >= 0.6 is 0 Å². The maximum absolute atomic E-state index is 13.1. The molecule has 0 spiro atoms. The van der Waals surface area contributed by atoms with Gasteiger partial charge in [-0.3, -0.25) is 19.2 Å². The number of carbonyl (C=O) groups is 4. The highest BCUT2D eigenvalue weighted by Gasteiger charge is 2.38. The molecule has 0 radical (unpaired) electrons. The monoisotopic (exact) mass is 435 g/mol. The number of imide groups is 1. The number of aromatic nitrogens is 2. The third-order valence-electron chi connectivity index (χ3n) is 6.06. The molecule has 2 aliphatic rings. The Morgan fingerprint density at radius 1 is 1.09 bits per heavy atom. The molecular weight excluding hydrogens is 410 g/mol. The molecule has 166 valence electrons. The van der Waals surface area contributed by atoms with Crippen molar-refractivity contribution in [3.63, 3.8) is 0 Å². The van der Waals surface area contributed by atoms with Crippen LogP contribution < -0.4 is 4.90 Å². The maximum atomic E-state index is 13.1. The molecule has 4 rings (SSSR count). The van der Waals surface area contributed by atoms with Crippen LogP contribution in [0, 0.1) is 5.92 Å². The van der Waals surface area contributed by atoms with Crippen molar-refractivity contribution in [2.75, 3.05) is 31.1 Å². The van der Waals surface area contributed by atoms with E-state index >= 15 is 0 Å². The Hall–Kier alpha value is -3.62. The van der Waals surface area contributed by atoms with Crippen LogP contribution in [0.5, 0.6) is 0 Å². The summed E-state index contributed by atoms with van der Waals surface area (Å²) in [5.41, 5.74) is 1.04. The van der Waals surface area contributed by atoms with Crippen LogP contribution in [0.3, 0.4) is 0 Å². The average Bonchev–Trinajstić information content (AvgIpc) is 3.09. The molecular formula is C23H25N5O4. The van der Waals surface area contributed by atoms with Crippen molar-refractivity contribution in [3.8, 4) is 0 Å². The van der Waals surface area contributed by atoms with Crippen LogP contribution in [0.1, 0.15) is 57.9 Å². The van der Waals surface area contributed by atoms with Crippen LogP contribution in [-0.2, 0) is 4.79 Å². The lowest BCUT2D eigenvalue weighted by Gasteiger charge is -2.34. The molecule has 3 heterocycles. The van der Waals surface area contributed by atoms with Gasteiger partial charge in [0.2, 0.25) is 5.91 Å². The second kappa shape index (κ2) is 8.86. The molecule has 1 atom stereocenters. The normalized spacial score (nSPS) is 18.0. The molecule has 0 N–H and O–H groups in total. The molecule has 9 nitrogen and oxygen atoms in total. The zero-order valence-electron chi connectivity index (χ0n) is 18.2. The number of fused-ring (bicyclic) bond motifs is 1. The summed E-state index contributed by atoms with van der Waals surface area (Å²) in [5, 5.41) is 0. The molecule has 0 bridgehead atoms. The zero-order chi connectivity index (χ0) is 22.8. The number of carbonyl (C=O) groups excluding carboxylic acids is 4. The van der Waals surface area contributed by atoms with Crippen LogP contribution in [0.4, 0.5) is 5.69 Å². The lowest BCUT2D eigenvalue weighted by molar-refractivity contribution is -0.136. The number of nitrogens with zero attached hydrogens (tertiary/aromatic N) is 5. The fourth-order valence-corrected chi connectivity index (χ4v) is 4.30. The summed E-state index contributed by atoms with van der Waals surface area (Å²) >= 11 is 0. The molecule has 1 aromatic heterocycles. The number of piperidine rings is 1. The summed E-state index contributed by atoms with van der Waals surface area (Å²) < 4.78 is 0. The Morgan fingerprint density at radius 3 is 2.47 bits per heavy atom. The fraction of sp³-hybridized carbons (Fsp3) is 0.391.